The van der Waals surface area contributed by atoms with Crippen molar-refractivity contribution < 1.29 is 28.7 Å². The fraction of sp³-hybridized carbons (Fsp3) is 0.500. The molecule has 3 N–H and O–H groups in total. The molecule has 2 amide bonds. The molecule has 9 heteroatoms. The van der Waals surface area contributed by atoms with Gasteiger partial charge in [0, 0.05) is 12.8 Å². The summed E-state index contributed by atoms with van der Waals surface area (Å²) in [6, 6.07) is 9.22. The maximum atomic E-state index is 12.0. The molecule has 9 nitrogen and oxygen atoms in total. The number of ketones is 1. The number of carbonyl (C=O) groups excluding carboxylic acids is 4. The number of ether oxygens (including phenoxy) is 2. The molecule has 0 aliphatic heterocycles. The van der Waals surface area contributed by atoms with Crippen molar-refractivity contribution in [2.24, 2.45) is 0 Å². The first kappa shape index (κ1) is 24.1. The summed E-state index contributed by atoms with van der Waals surface area (Å²) in [6.45, 7) is 6.81. The molecule has 0 radical (unpaired) electrons. The third-order valence-electron chi connectivity index (χ3n) is 3.51. The highest BCUT2D eigenvalue weighted by Crippen LogP contribution is 2.08. The lowest BCUT2D eigenvalue weighted by molar-refractivity contribution is -0.145. The van der Waals surface area contributed by atoms with Gasteiger partial charge < -0.3 is 14.8 Å². The number of carbonyl (C=O) groups is 4. The second-order valence-corrected chi connectivity index (χ2v) is 7.26. The third kappa shape index (κ3) is 10.8. The highest BCUT2D eigenvalue weighted by molar-refractivity contribution is 6.35. The molecule has 0 unspecified atom stereocenters. The standard InChI is InChI=1S/C20H29N3O6/c1-5-15(24)18(26)23-22-16(21-19(27)29-20(2,3)4)11-12-17(25)28-13-14-9-7-6-8-10-14/h6-10,16,22H,5,11-13H2,1-4H3,(H,21,27)(H,23,26)/t16-/m0/s1. The van der Waals surface area contributed by atoms with Crippen LogP contribution >= 0.6 is 0 Å². The van der Waals surface area contributed by atoms with Gasteiger partial charge in [0.1, 0.15) is 18.4 Å². The number of benzene rings is 1. The Balaban J connectivity index is 2.57. The van der Waals surface area contributed by atoms with E-state index in [1.807, 2.05) is 30.3 Å². The third-order valence-corrected chi connectivity index (χ3v) is 3.51. The van der Waals surface area contributed by atoms with Gasteiger partial charge in [-0.05, 0) is 32.8 Å². The summed E-state index contributed by atoms with van der Waals surface area (Å²) >= 11 is 0. The Bertz CT molecular complexity index is 700. The summed E-state index contributed by atoms with van der Waals surface area (Å²) in [7, 11) is 0. The summed E-state index contributed by atoms with van der Waals surface area (Å²) in [4.78, 5) is 47.0. The van der Waals surface area contributed by atoms with Crippen LogP contribution in [0.2, 0.25) is 0 Å². The lowest BCUT2D eigenvalue weighted by atomic mass is 10.2. The van der Waals surface area contributed by atoms with Gasteiger partial charge in [-0.3, -0.25) is 19.8 Å². The topological polar surface area (TPSA) is 123 Å². The zero-order valence-corrected chi connectivity index (χ0v) is 17.2. The van der Waals surface area contributed by atoms with Gasteiger partial charge in [0.15, 0.2) is 0 Å². The number of hydrazine groups is 1. The van der Waals surface area contributed by atoms with Gasteiger partial charge in [-0.2, -0.15) is 0 Å². The van der Waals surface area contributed by atoms with E-state index in [9.17, 15) is 19.2 Å². The van der Waals surface area contributed by atoms with Gasteiger partial charge in [0.2, 0.25) is 5.78 Å². The minimum absolute atomic E-state index is 0.0299. The predicted molar refractivity (Wildman–Crippen MR) is 105 cm³/mol. The molecule has 0 aromatic heterocycles. The van der Waals surface area contributed by atoms with E-state index < -0.39 is 35.5 Å². The minimum atomic E-state index is -0.845. The monoisotopic (exact) mass is 407 g/mol. The van der Waals surface area contributed by atoms with E-state index in [-0.39, 0.29) is 25.9 Å². The number of rotatable bonds is 10. The predicted octanol–water partition coefficient (Wildman–Crippen LogP) is 1.96. The molecule has 0 saturated carbocycles. The average molecular weight is 407 g/mol. The molecule has 0 aliphatic carbocycles. The molecule has 1 aromatic carbocycles. The van der Waals surface area contributed by atoms with Crippen LogP contribution in [-0.2, 0) is 30.5 Å². The molecule has 160 valence electrons. The molecule has 0 aliphatic rings. The van der Waals surface area contributed by atoms with Crippen LogP contribution in [0.25, 0.3) is 0 Å². The van der Waals surface area contributed by atoms with Gasteiger partial charge in [-0.1, -0.05) is 37.3 Å². The van der Waals surface area contributed by atoms with E-state index in [2.05, 4.69) is 16.2 Å². The fourth-order valence-corrected chi connectivity index (χ4v) is 2.09. The van der Waals surface area contributed by atoms with Crippen LogP contribution < -0.4 is 16.2 Å². The number of hydrogen-bond donors (Lipinski definition) is 3. The molecule has 0 heterocycles. The van der Waals surface area contributed by atoms with Crippen LogP contribution in [-0.4, -0.2) is 35.5 Å². The molecule has 1 aromatic rings. The van der Waals surface area contributed by atoms with Crippen LogP contribution in [0.5, 0.6) is 0 Å². The lowest BCUT2D eigenvalue weighted by Crippen LogP contribution is -2.55. The zero-order valence-electron chi connectivity index (χ0n) is 17.2. The second-order valence-electron chi connectivity index (χ2n) is 7.26. The quantitative estimate of drug-likeness (QED) is 0.234. The fourth-order valence-electron chi connectivity index (χ4n) is 2.09. The van der Waals surface area contributed by atoms with E-state index in [1.54, 1.807) is 27.7 Å². The van der Waals surface area contributed by atoms with Crippen LogP contribution in [0, 0.1) is 0 Å². The molecule has 0 saturated heterocycles. The second kappa shape index (κ2) is 11.8. The Kier molecular flexibility index (Phi) is 9.81. The summed E-state index contributed by atoms with van der Waals surface area (Å²) in [5.41, 5.74) is 4.90. The maximum Gasteiger partial charge on any atom is 0.408 e. The Hall–Kier alpha value is -2.94. The molecular formula is C20H29N3O6. The molecule has 0 spiro atoms. The molecule has 1 rings (SSSR count). The molecule has 0 bridgehead atoms. The number of Topliss-reactive ketones (excluding diaryl/α,β-unsaturated/α-hetero) is 1. The van der Waals surface area contributed by atoms with Crippen molar-refractivity contribution >= 4 is 23.8 Å². The van der Waals surface area contributed by atoms with Crippen molar-refractivity contribution in [3.8, 4) is 0 Å². The Labute approximate surface area is 170 Å². The number of alkyl carbamates (subject to hydrolysis) is 1. The summed E-state index contributed by atoms with van der Waals surface area (Å²) in [6.07, 6.45) is -1.46. The van der Waals surface area contributed by atoms with E-state index in [0.717, 1.165) is 5.56 Å². The normalized spacial score (nSPS) is 11.9. The zero-order chi connectivity index (χ0) is 21.9. The number of esters is 1. The van der Waals surface area contributed by atoms with Crippen molar-refractivity contribution in [3.05, 3.63) is 35.9 Å². The van der Waals surface area contributed by atoms with Gasteiger partial charge in [0.05, 0.1) is 0 Å². The first-order valence-corrected chi connectivity index (χ1v) is 9.38. The van der Waals surface area contributed by atoms with Crippen molar-refractivity contribution in [1.82, 2.24) is 16.2 Å². The summed E-state index contributed by atoms with van der Waals surface area (Å²) in [5, 5.41) is 2.51. The minimum Gasteiger partial charge on any atom is -0.461 e. The van der Waals surface area contributed by atoms with E-state index in [4.69, 9.17) is 9.47 Å². The first-order valence-electron chi connectivity index (χ1n) is 9.38. The SMILES string of the molecule is CCC(=O)C(=O)NN[C@@H](CCC(=O)OCc1ccccc1)NC(=O)OC(C)(C)C. The van der Waals surface area contributed by atoms with E-state index >= 15 is 0 Å². The van der Waals surface area contributed by atoms with Crippen molar-refractivity contribution in [2.45, 2.75) is 65.3 Å². The summed E-state index contributed by atoms with van der Waals surface area (Å²) < 4.78 is 10.4. The van der Waals surface area contributed by atoms with Gasteiger partial charge in [-0.25, -0.2) is 10.2 Å². The molecule has 29 heavy (non-hydrogen) atoms. The smallest absolute Gasteiger partial charge is 0.408 e. The van der Waals surface area contributed by atoms with E-state index in [1.165, 1.54) is 0 Å². The number of hydrogen-bond acceptors (Lipinski definition) is 7. The van der Waals surface area contributed by atoms with Crippen LogP contribution in [0.3, 0.4) is 0 Å². The van der Waals surface area contributed by atoms with Crippen LogP contribution in [0.4, 0.5) is 4.79 Å². The highest BCUT2D eigenvalue weighted by Gasteiger charge is 2.21. The van der Waals surface area contributed by atoms with Crippen molar-refractivity contribution in [1.29, 1.82) is 0 Å². The Morgan fingerprint density at radius 1 is 1.07 bits per heavy atom. The number of amides is 2. The highest BCUT2D eigenvalue weighted by atomic mass is 16.6. The summed E-state index contributed by atoms with van der Waals surface area (Å²) in [5.74, 6) is -1.92. The molecular weight excluding hydrogens is 378 g/mol. The van der Waals surface area contributed by atoms with Gasteiger partial charge in [-0.15, -0.1) is 0 Å². The lowest BCUT2D eigenvalue weighted by Gasteiger charge is -2.24. The van der Waals surface area contributed by atoms with Crippen molar-refractivity contribution in [2.75, 3.05) is 0 Å². The average Bonchev–Trinajstić information content (AvgIpc) is 2.66. The van der Waals surface area contributed by atoms with Gasteiger partial charge >= 0.3 is 18.0 Å². The van der Waals surface area contributed by atoms with Gasteiger partial charge in [0.25, 0.3) is 0 Å². The maximum absolute atomic E-state index is 12.0. The first-order chi connectivity index (χ1) is 13.6. The van der Waals surface area contributed by atoms with E-state index in [0.29, 0.717) is 0 Å². The Morgan fingerprint density at radius 2 is 1.72 bits per heavy atom. The van der Waals surface area contributed by atoms with Crippen LogP contribution in [0.1, 0.15) is 52.5 Å². The van der Waals surface area contributed by atoms with Crippen molar-refractivity contribution in [3.63, 3.8) is 0 Å². The molecule has 0 fully saturated rings. The van der Waals surface area contributed by atoms with Crippen LogP contribution in [0.15, 0.2) is 30.3 Å². The largest absolute Gasteiger partial charge is 0.461 e. The Morgan fingerprint density at radius 3 is 2.31 bits per heavy atom. The number of nitrogens with one attached hydrogen (secondary N) is 3. The molecule has 1 atom stereocenters.